The van der Waals surface area contributed by atoms with Crippen LogP contribution in [-0.2, 0) is 4.57 Å². The molecule has 0 rings (SSSR count). The summed E-state index contributed by atoms with van der Waals surface area (Å²) in [5.74, 6) is 0. The van der Waals surface area contributed by atoms with Gasteiger partial charge in [0.1, 0.15) is 6.29 Å². The lowest BCUT2D eigenvalue weighted by Gasteiger charge is -2.00. The second-order valence-corrected chi connectivity index (χ2v) is 2.88. The van der Waals surface area contributed by atoms with Gasteiger partial charge in [-0.15, -0.1) is 0 Å². The fraction of sp³-hybridized carbons (Fsp3) is 0.333. The third kappa shape index (κ3) is 5.69. The molecular formula is C3H8NO3P. The number of hydrogen-bond acceptors (Lipinski definition) is 2. The Morgan fingerprint density at radius 2 is 2.25 bits per heavy atom. The summed E-state index contributed by atoms with van der Waals surface area (Å²) in [5, 5.41) is 2.29. The summed E-state index contributed by atoms with van der Waals surface area (Å²) in [6, 6.07) is 0. The second kappa shape index (κ2) is 2.87. The van der Waals surface area contributed by atoms with Crippen LogP contribution in [0.4, 0.5) is 0 Å². The highest BCUT2D eigenvalue weighted by Crippen LogP contribution is 2.31. The van der Waals surface area contributed by atoms with Crippen molar-refractivity contribution in [2.45, 2.75) is 0 Å². The average Bonchev–Trinajstić information content (AvgIpc) is 1.59. The van der Waals surface area contributed by atoms with Crippen LogP contribution in [0.15, 0.2) is 12.8 Å². The van der Waals surface area contributed by atoms with Crippen LogP contribution in [0.25, 0.3) is 0 Å². The molecule has 0 saturated carbocycles. The van der Waals surface area contributed by atoms with E-state index in [1.54, 1.807) is 0 Å². The Hall–Kier alpha value is -0.310. The molecule has 8 heavy (non-hydrogen) atoms. The van der Waals surface area contributed by atoms with E-state index in [0.717, 1.165) is 0 Å². The molecule has 4 nitrogen and oxygen atoms in total. The van der Waals surface area contributed by atoms with Crippen LogP contribution in [0, 0.1) is 0 Å². The maximum absolute atomic E-state index is 9.97. The van der Waals surface area contributed by atoms with Crippen LogP contribution in [-0.4, -0.2) is 16.1 Å². The van der Waals surface area contributed by atoms with Crippen LogP contribution < -0.4 is 5.32 Å². The zero-order valence-electron chi connectivity index (χ0n) is 4.24. The van der Waals surface area contributed by atoms with E-state index in [9.17, 15) is 4.57 Å². The number of hydrogen-bond donors (Lipinski definition) is 3. The van der Waals surface area contributed by atoms with Crippen molar-refractivity contribution in [3.63, 3.8) is 0 Å². The summed E-state index contributed by atoms with van der Waals surface area (Å²) < 4.78 is 9.97. The smallest absolute Gasteiger partial charge is 0.344 e. The van der Waals surface area contributed by atoms with Gasteiger partial charge >= 0.3 is 7.60 Å². The molecule has 0 amide bonds. The minimum atomic E-state index is -3.86. The normalized spacial score (nSPS) is 10.8. The van der Waals surface area contributed by atoms with Gasteiger partial charge in [0.25, 0.3) is 0 Å². The first-order chi connectivity index (χ1) is 3.56. The fourth-order valence-electron chi connectivity index (χ4n) is 0.183. The SMILES string of the molecule is C=CNCP(=O)(O)O. The van der Waals surface area contributed by atoms with Crippen molar-refractivity contribution in [2.75, 3.05) is 6.29 Å². The van der Waals surface area contributed by atoms with Gasteiger partial charge in [-0.2, -0.15) is 0 Å². The highest BCUT2D eigenvalue weighted by Gasteiger charge is 2.08. The van der Waals surface area contributed by atoms with E-state index >= 15 is 0 Å². The topological polar surface area (TPSA) is 69.6 Å². The molecule has 0 atom stereocenters. The Balaban J connectivity index is 3.40. The van der Waals surface area contributed by atoms with E-state index in [2.05, 4.69) is 11.9 Å². The largest absolute Gasteiger partial charge is 0.380 e. The van der Waals surface area contributed by atoms with Crippen LogP contribution in [0.1, 0.15) is 0 Å². The molecule has 0 spiro atoms. The maximum Gasteiger partial charge on any atom is 0.344 e. The van der Waals surface area contributed by atoms with E-state index in [-0.39, 0.29) is 6.29 Å². The van der Waals surface area contributed by atoms with Crippen LogP contribution >= 0.6 is 7.60 Å². The Morgan fingerprint density at radius 1 is 1.75 bits per heavy atom. The van der Waals surface area contributed by atoms with E-state index < -0.39 is 7.60 Å². The Labute approximate surface area is 47.4 Å². The van der Waals surface area contributed by atoms with Crippen LogP contribution in [0.5, 0.6) is 0 Å². The standard InChI is InChI=1S/C3H8NO3P/c1-2-4-3-8(5,6)7/h2,4H,1,3H2,(H2,5,6,7). The van der Waals surface area contributed by atoms with Gasteiger partial charge in [-0.3, -0.25) is 4.57 Å². The number of nitrogens with one attached hydrogen (secondary N) is 1. The molecule has 0 radical (unpaired) electrons. The molecule has 48 valence electrons. The monoisotopic (exact) mass is 137 g/mol. The van der Waals surface area contributed by atoms with Gasteiger partial charge in [-0.25, -0.2) is 0 Å². The van der Waals surface area contributed by atoms with Gasteiger partial charge in [-0.05, 0) is 6.20 Å². The van der Waals surface area contributed by atoms with Crippen molar-refractivity contribution in [1.29, 1.82) is 0 Å². The van der Waals surface area contributed by atoms with Gasteiger partial charge in [0.15, 0.2) is 0 Å². The van der Waals surface area contributed by atoms with E-state index in [0.29, 0.717) is 0 Å². The zero-order valence-corrected chi connectivity index (χ0v) is 5.14. The van der Waals surface area contributed by atoms with Gasteiger partial charge in [0.2, 0.25) is 0 Å². The van der Waals surface area contributed by atoms with Gasteiger partial charge in [-0.1, -0.05) is 6.58 Å². The predicted octanol–water partition coefficient (Wildman–Crippen LogP) is -0.145. The number of rotatable bonds is 3. The molecular weight excluding hydrogens is 129 g/mol. The third-order valence-electron chi connectivity index (χ3n) is 0.442. The lowest BCUT2D eigenvalue weighted by Crippen LogP contribution is -2.05. The van der Waals surface area contributed by atoms with Gasteiger partial charge in [0, 0.05) is 0 Å². The minimum absolute atomic E-state index is 0.337. The van der Waals surface area contributed by atoms with Crippen molar-refractivity contribution in [1.82, 2.24) is 5.32 Å². The van der Waals surface area contributed by atoms with Crippen molar-refractivity contribution in [3.05, 3.63) is 12.8 Å². The molecule has 0 fully saturated rings. The van der Waals surface area contributed by atoms with E-state index in [1.807, 2.05) is 0 Å². The Morgan fingerprint density at radius 3 is 2.38 bits per heavy atom. The molecule has 0 bridgehead atoms. The molecule has 3 N–H and O–H groups in total. The first-order valence-electron chi connectivity index (χ1n) is 1.95. The van der Waals surface area contributed by atoms with Crippen molar-refractivity contribution in [3.8, 4) is 0 Å². The molecule has 0 aromatic rings. The molecule has 0 aromatic carbocycles. The molecule has 0 aromatic heterocycles. The zero-order chi connectivity index (χ0) is 6.62. The van der Waals surface area contributed by atoms with Gasteiger partial charge < -0.3 is 15.1 Å². The molecule has 0 heterocycles. The average molecular weight is 137 g/mol. The van der Waals surface area contributed by atoms with Gasteiger partial charge in [0.05, 0.1) is 0 Å². The third-order valence-corrected chi connectivity index (χ3v) is 1.04. The first kappa shape index (κ1) is 7.69. The summed E-state index contributed by atoms with van der Waals surface area (Å²) in [7, 11) is -3.86. The second-order valence-electron chi connectivity index (χ2n) is 1.23. The first-order valence-corrected chi connectivity index (χ1v) is 3.75. The quantitative estimate of drug-likeness (QED) is 0.473. The van der Waals surface area contributed by atoms with Crippen molar-refractivity contribution in [2.24, 2.45) is 0 Å². The molecule has 0 saturated heterocycles. The maximum atomic E-state index is 9.97. The minimum Gasteiger partial charge on any atom is -0.380 e. The van der Waals surface area contributed by atoms with Crippen LogP contribution in [0.3, 0.4) is 0 Å². The predicted molar refractivity (Wildman–Crippen MR) is 30.2 cm³/mol. The summed E-state index contributed by atoms with van der Waals surface area (Å²) in [4.78, 5) is 16.3. The Bertz CT molecular complexity index is 118. The molecule has 0 unspecified atom stereocenters. The highest BCUT2D eigenvalue weighted by atomic mass is 31.2. The fourth-order valence-corrected chi connectivity index (χ4v) is 0.550. The molecule has 5 heteroatoms. The van der Waals surface area contributed by atoms with Crippen LogP contribution in [0.2, 0.25) is 0 Å². The summed E-state index contributed by atoms with van der Waals surface area (Å²) in [5.41, 5.74) is 0. The summed E-state index contributed by atoms with van der Waals surface area (Å²) in [6.45, 7) is 3.21. The lowest BCUT2D eigenvalue weighted by molar-refractivity contribution is 0.371. The Kier molecular flexibility index (Phi) is 2.76. The molecule has 0 aliphatic carbocycles. The van der Waals surface area contributed by atoms with E-state index in [4.69, 9.17) is 9.79 Å². The summed E-state index contributed by atoms with van der Waals surface area (Å²) in [6.07, 6.45) is 0.898. The highest BCUT2D eigenvalue weighted by molar-refractivity contribution is 7.51. The van der Waals surface area contributed by atoms with Crippen molar-refractivity contribution >= 4 is 7.60 Å². The van der Waals surface area contributed by atoms with Crippen molar-refractivity contribution < 1.29 is 14.4 Å². The lowest BCUT2D eigenvalue weighted by atomic mass is 11.0. The molecule has 0 aliphatic rings. The van der Waals surface area contributed by atoms with E-state index in [1.165, 1.54) is 6.20 Å². The molecule has 0 aliphatic heterocycles. The summed E-state index contributed by atoms with van der Waals surface area (Å²) >= 11 is 0.